The van der Waals surface area contributed by atoms with Crippen molar-refractivity contribution in [2.24, 2.45) is 5.92 Å². The first-order chi connectivity index (χ1) is 9.58. The van der Waals surface area contributed by atoms with Crippen LogP contribution in [0, 0.1) is 5.92 Å². The van der Waals surface area contributed by atoms with E-state index in [1.54, 1.807) is 17.5 Å². The number of aliphatic hydroxyl groups is 1. The molecule has 112 valence electrons. The maximum atomic E-state index is 12.2. The number of nitrogens with one attached hydrogen (secondary N) is 2. The molecule has 2 unspecified atom stereocenters. The molecule has 1 aliphatic rings. The summed E-state index contributed by atoms with van der Waals surface area (Å²) < 4.78 is 0. The predicted molar refractivity (Wildman–Crippen MR) is 79.6 cm³/mol. The molecule has 0 aromatic carbocycles. The Bertz CT molecular complexity index is 434. The van der Waals surface area contributed by atoms with Gasteiger partial charge in [-0.3, -0.25) is 0 Å². The Kier molecular flexibility index (Phi) is 4.99. The largest absolute Gasteiger partial charge is 0.394 e. The summed E-state index contributed by atoms with van der Waals surface area (Å²) >= 11 is 1.57. The van der Waals surface area contributed by atoms with Crippen LogP contribution >= 0.6 is 11.3 Å². The first-order valence-electron chi connectivity index (χ1n) is 7.17. The van der Waals surface area contributed by atoms with Crippen molar-refractivity contribution in [2.75, 3.05) is 6.61 Å². The van der Waals surface area contributed by atoms with Crippen molar-refractivity contribution in [3.8, 4) is 0 Å². The summed E-state index contributed by atoms with van der Waals surface area (Å²) in [6.07, 6.45) is 5.70. The van der Waals surface area contributed by atoms with E-state index in [0.717, 1.165) is 30.7 Å². The third kappa shape index (κ3) is 3.93. The van der Waals surface area contributed by atoms with Gasteiger partial charge in [-0.25, -0.2) is 9.78 Å². The summed E-state index contributed by atoms with van der Waals surface area (Å²) in [5, 5.41) is 18.3. The molecule has 2 amide bonds. The molecule has 1 fully saturated rings. The summed E-state index contributed by atoms with van der Waals surface area (Å²) in [6, 6.07) is -0.221. The minimum absolute atomic E-state index is 0.000399. The van der Waals surface area contributed by atoms with E-state index in [9.17, 15) is 9.90 Å². The highest BCUT2D eigenvalue weighted by Crippen LogP contribution is 2.41. The quantitative estimate of drug-likeness (QED) is 0.723. The third-order valence-corrected chi connectivity index (χ3v) is 4.52. The van der Waals surface area contributed by atoms with E-state index in [-0.39, 0.29) is 18.7 Å². The topological polar surface area (TPSA) is 74.2 Å². The van der Waals surface area contributed by atoms with Crippen molar-refractivity contribution in [1.82, 2.24) is 15.6 Å². The molecule has 0 saturated heterocycles. The number of carbonyl (C=O) groups excluding carboxylic acids is 1. The second-order valence-electron chi connectivity index (χ2n) is 5.75. The second-order valence-corrected chi connectivity index (χ2v) is 6.68. The predicted octanol–water partition coefficient (Wildman–Crippen LogP) is 2.44. The zero-order valence-corrected chi connectivity index (χ0v) is 12.9. The van der Waals surface area contributed by atoms with Gasteiger partial charge in [0.25, 0.3) is 0 Å². The van der Waals surface area contributed by atoms with Crippen LogP contribution < -0.4 is 10.6 Å². The Balaban J connectivity index is 1.95. The van der Waals surface area contributed by atoms with Crippen LogP contribution in [0.3, 0.4) is 0 Å². The number of aliphatic hydroxyl groups excluding tert-OH is 1. The highest BCUT2D eigenvalue weighted by atomic mass is 32.1. The molecule has 0 bridgehead atoms. The number of hydrogen-bond donors (Lipinski definition) is 3. The molecule has 0 aliphatic heterocycles. The van der Waals surface area contributed by atoms with Gasteiger partial charge < -0.3 is 15.7 Å². The molecular weight excluding hydrogens is 274 g/mol. The minimum Gasteiger partial charge on any atom is -0.394 e. The molecule has 2 rings (SSSR count). The Hall–Kier alpha value is -1.14. The highest BCUT2D eigenvalue weighted by molar-refractivity contribution is 7.09. The molecule has 1 aromatic heterocycles. The van der Waals surface area contributed by atoms with E-state index in [1.807, 2.05) is 19.2 Å². The van der Waals surface area contributed by atoms with Gasteiger partial charge in [-0.05, 0) is 32.1 Å². The van der Waals surface area contributed by atoms with Gasteiger partial charge in [0.1, 0.15) is 5.01 Å². The molecule has 2 atom stereocenters. The zero-order valence-electron chi connectivity index (χ0n) is 12.1. The van der Waals surface area contributed by atoms with E-state index in [1.165, 1.54) is 0 Å². The summed E-state index contributed by atoms with van der Waals surface area (Å²) in [6.45, 7) is 3.85. The van der Waals surface area contributed by atoms with Crippen LogP contribution in [0.25, 0.3) is 0 Å². The van der Waals surface area contributed by atoms with Crippen molar-refractivity contribution in [3.05, 3.63) is 16.6 Å². The molecule has 0 radical (unpaired) electrons. The molecular formula is C14H23N3O2S. The van der Waals surface area contributed by atoms with Gasteiger partial charge in [0.15, 0.2) is 0 Å². The Morgan fingerprint density at radius 1 is 1.65 bits per heavy atom. The SMILES string of the molecule is CCCC(C)(CO)NC(=O)NC(c1nccs1)C1CC1. The number of thiazole rings is 1. The second kappa shape index (κ2) is 6.54. The van der Waals surface area contributed by atoms with Gasteiger partial charge in [0, 0.05) is 11.6 Å². The van der Waals surface area contributed by atoms with E-state index >= 15 is 0 Å². The molecule has 6 heteroatoms. The van der Waals surface area contributed by atoms with Crippen molar-refractivity contribution < 1.29 is 9.90 Å². The van der Waals surface area contributed by atoms with Gasteiger partial charge >= 0.3 is 6.03 Å². The summed E-state index contributed by atoms with van der Waals surface area (Å²) in [4.78, 5) is 16.5. The van der Waals surface area contributed by atoms with Crippen molar-refractivity contribution in [3.63, 3.8) is 0 Å². The molecule has 5 nitrogen and oxygen atoms in total. The maximum Gasteiger partial charge on any atom is 0.315 e. The number of carbonyl (C=O) groups is 1. The summed E-state index contributed by atoms with van der Waals surface area (Å²) in [7, 11) is 0. The van der Waals surface area contributed by atoms with Crippen LogP contribution in [0.4, 0.5) is 4.79 Å². The highest BCUT2D eigenvalue weighted by Gasteiger charge is 2.36. The van der Waals surface area contributed by atoms with E-state index < -0.39 is 5.54 Å². The number of rotatable bonds is 7. The van der Waals surface area contributed by atoms with Crippen LogP contribution in [0.2, 0.25) is 0 Å². The van der Waals surface area contributed by atoms with Crippen molar-refractivity contribution in [2.45, 2.75) is 51.1 Å². The number of nitrogens with zero attached hydrogens (tertiary/aromatic N) is 1. The normalized spacial score (nSPS) is 19.1. The number of aromatic nitrogens is 1. The van der Waals surface area contributed by atoms with Gasteiger partial charge in [-0.1, -0.05) is 13.3 Å². The molecule has 20 heavy (non-hydrogen) atoms. The number of urea groups is 1. The fourth-order valence-corrected chi connectivity index (χ4v) is 3.16. The summed E-state index contributed by atoms with van der Waals surface area (Å²) in [5.41, 5.74) is -0.560. The Labute approximate surface area is 123 Å². The van der Waals surface area contributed by atoms with Crippen LogP contribution in [-0.2, 0) is 0 Å². The molecule has 1 aliphatic carbocycles. The number of hydrogen-bond acceptors (Lipinski definition) is 4. The van der Waals surface area contributed by atoms with Gasteiger partial charge in [-0.2, -0.15) is 0 Å². The lowest BCUT2D eigenvalue weighted by Gasteiger charge is -2.29. The molecule has 1 saturated carbocycles. The van der Waals surface area contributed by atoms with E-state index in [4.69, 9.17) is 0 Å². The van der Waals surface area contributed by atoms with Gasteiger partial charge in [0.2, 0.25) is 0 Å². The third-order valence-electron chi connectivity index (χ3n) is 3.66. The smallest absolute Gasteiger partial charge is 0.315 e. The Morgan fingerprint density at radius 2 is 2.40 bits per heavy atom. The molecule has 0 spiro atoms. The maximum absolute atomic E-state index is 12.2. The zero-order chi connectivity index (χ0) is 14.6. The number of amides is 2. The first kappa shape index (κ1) is 15.3. The lowest BCUT2D eigenvalue weighted by atomic mass is 9.97. The van der Waals surface area contributed by atoms with E-state index in [0.29, 0.717) is 5.92 Å². The monoisotopic (exact) mass is 297 g/mol. The van der Waals surface area contributed by atoms with E-state index in [2.05, 4.69) is 15.6 Å². The molecule has 3 N–H and O–H groups in total. The van der Waals surface area contributed by atoms with Gasteiger partial charge in [-0.15, -0.1) is 11.3 Å². The van der Waals surface area contributed by atoms with Crippen LogP contribution in [-0.4, -0.2) is 28.3 Å². The van der Waals surface area contributed by atoms with Crippen LogP contribution in [0.5, 0.6) is 0 Å². The van der Waals surface area contributed by atoms with Gasteiger partial charge in [0.05, 0.1) is 18.2 Å². The Morgan fingerprint density at radius 3 is 2.90 bits per heavy atom. The standard InChI is InChI=1S/C14H23N3O2S/c1-3-6-14(2,9-18)17-13(19)16-11(10-4-5-10)12-15-7-8-20-12/h7-8,10-11,18H,3-6,9H2,1-2H3,(H2,16,17,19). The fraction of sp³-hybridized carbons (Fsp3) is 0.714. The van der Waals surface area contributed by atoms with Crippen LogP contribution in [0.15, 0.2) is 11.6 Å². The molecule has 1 heterocycles. The summed E-state index contributed by atoms with van der Waals surface area (Å²) in [5.74, 6) is 0.499. The average molecular weight is 297 g/mol. The first-order valence-corrected chi connectivity index (χ1v) is 8.05. The lowest BCUT2D eigenvalue weighted by molar-refractivity contribution is 0.161. The van der Waals surface area contributed by atoms with Crippen LogP contribution in [0.1, 0.15) is 50.6 Å². The average Bonchev–Trinajstić information content (AvgIpc) is 3.11. The fourth-order valence-electron chi connectivity index (χ4n) is 2.38. The lowest BCUT2D eigenvalue weighted by Crippen LogP contribution is -2.53. The van der Waals surface area contributed by atoms with Crippen molar-refractivity contribution in [1.29, 1.82) is 0 Å². The molecule has 1 aromatic rings. The van der Waals surface area contributed by atoms with Crippen molar-refractivity contribution >= 4 is 17.4 Å². The minimum atomic E-state index is -0.560.